The minimum Gasteiger partial charge on any atom is 1.00 e. The van der Waals surface area contributed by atoms with Gasteiger partial charge >= 0.3 is 355 Å². The van der Waals surface area contributed by atoms with Crippen LogP contribution in [0.4, 0.5) is 5.69 Å². The molecule has 2 aromatic heterocycles. The zero-order valence-corrected chi connectivity index (χ0v) is 35.9. The number of thiocarbonyl (C=S) groups is 1. The van der Waals surface area contributed by atoms with Crippen LogP contribution in [0.3, 0.4) is 0 Å². The number of nitrogens with zero attached hydrogens (tertiary/aromatic N) is 4. The summed E-state index contributed by atoms with van der Waals surface area (Å²) in [5.74, 6) is -6.69. The Balaban J connectivity index is 0.00000392. The summed E-state index contributed by atoms with van der Waals surface area (Å²) >= 11 is 5.81. The molecule has 0 N–H and O–H groups in total. The molecule has 5 rings (SSSR count). The Morgan fingerprint density at radius 2 is 1.54 bits per heavy atom. The molecule has 1 saturated heterocycles. The number of carbonyl (C=O) groups excluding carboxylic acids is 4. The fourth-order valence-corrected chi connectivity index (χ4v) is 10.7. The van der Waals surface area contributed by atoms with Gasteiger partial charge in [-0.25, -0.2) is 0 Å². The van der Waals surface area contributed by atoms with Gasteiger partial charge in [-0.2, -0.15) is 0 Å². The summed E-state index contributed by atoms with van der Waals surface area (Å²) < 4.78 is 41.8. The van der Waals surface area contributed by atoms with Gasteiger partial charge in [0.2, 0.25) is 0 Å². The van der Waals surface area contributed by atoms with Crippen LogP contribution in [-0.4, -0.2) is 88.9 Å². The Bertz CT molecular complexity index is 2570. The van der Waals surface area contributed by atoms with Crippen LogP contribution in [0, 0.1) is 17.0 Å². The van der Waals surface area contributed by atoms with Crippen LogP contribution in [0.2, 0.25) is 0 Å². The van der Waals surface area contributed by atoms with Crippen molar-refractivity contribution in [2.45, 2.75) is 39.8 Å². The largest absolute Gasteiger partial charge is 1.00 e. The Kier molecular flexibility index (Phi) is 19.9. The van der Waals surface area contributed by atoms with E-state index in [1.165, 1.54) is 0 Å². The number of benzene rings is 1. The molecule has 276 valence electrons. The first-order valence-electron chi connectivity index (χ1n) is 15.0. The van der Waals surface area contributed by atoms with Gasteiger partial charge < -0.3 is 9.90 Å². The number of aromatic nitrogens is 2. The van der Waals surface area contributed by atoms with Gasteiger partial charge in [0.05, 0.1) is 12.5 Å². The van der Waals surface area contributed by atoms with Crippen LogP contribution >= 0.6 is 35.3 Å². The van der Waals surface area contributed by atoms with Crippen LogP contribution in [0.5, 0.6) is 0 Å². The summed E-state index contributed by atoms with van der Waals surface area (Å²) in [7, 11) is -4.49. The number of allylic oxidation sites excluding steroid dienone is 1. The second-order valence-electron chi connectivity index (χ2n) is 11.2. The Morgan fingerprint density at radius 3 is 2.11 bits per heavy atom. The maximum atomic E-state index is 13.8. The predicted octanol–water partition coefficient (Wildman–Crippen LogP) is -17.3. The first-order chi connectivity index (χ1) is 24.4. The van der Waals surface area contributed by atoms with Gasteiger partial charge in [-0.1, -0.05) is 12.2 Å². The third kappa shape index (κ3) is 11.6. The van der Waals surface area contributed by atoms with Crippen molar-refractivity contribution in [3.63, 3.8) is 0 Å². The molecule has 0 radical (unpaired) electrons. The number of amides is 1. The summed E-state index contributed by atoms with van der Waals surface area (Å²) in [4.78, 5) is 77.6. The van der Waals surface area contributed by atoms with E-state index in [1.54, 1.807) is 13.0 Å². The Morgan fingerprint density at radius 1 is 0.929 bits per heavy atom. The molecule has 0 atom stereocenters. The number of carboxylic acid groups (broad SMARTS) is 3. The molecule has 0 unspecified atom stereocenters. The van der Waals surface area contributed by atoms with Gasteiger partial charge in [0.25, 0.3) is 0 Å². The molecule has 1 aromatic carbocycles. The molecule has 1 fully saturated rings. The maximum absolute atomic E-state index is 13.8. The number of anilines is 1. The van der Waals surface area contributed by atoms with Crippen molar-refractivity contribution in [2.24, 2.45) is 0 Å². The zero-order valence-electron chi connectivity index (χ0n) is 30.9. The van der Waals surface area contributed by atoms with Crippen molar-refractivity contribution in [1.29, 1.82) is 0 Å². The molecule has 1 amide bonds. The average Bonchev–Trinajstić information content (AvgIpc) is 3.73. The molecule has 0 saturated carbocycles. The van der Waals surface area contributed by atoms with Crippen LogP contribution in [0.15, 0.2) is 42.9 Å². The van der Waals surface area contributed by atoms with E-state index in [0.717, 1.165) is 15.7 Å². The fourth-order valence-electron chi connectivity index (χ4n) is 5.26. The maximum Gasteiger partial charge on any atom is 1.00 e. The number of rotatable bonds is 12. The number of hydrogen-bond donors (Lipinski definition) is 0. The number of oxazole rings is 1. The molecule has 2 aliphatic heterocycles. The molecular formula is C30H24Li4N4O13S4Se. The summed E-state index contributed by atoms with van der Waals surface area (Å²) in [5, 5.41) is 34.7. The van der Waals surface area contributed by atoms with Crippen molar-refractivity contribution in [3.8, 4) is 0 Å². The van der Waals surface area contributed by atoms with Crippen molar-refractivity contribution in [3.05, 3.63) is 75.3 Å². The molecule has 0 aliphatic carbocycles. The van der Waals surface area contributed by atoms with E-state index in [1.807, 2.05) is 30.0 Å². The van der Waals surface area contributed by atoms with E-state index >= 15 is 0 Å². The van der Waals surface area contributed by atoms with Crippen molar-refractivity contribution in [1.82, 2.24) is 14.0 Å². The summed E-state index contributed by atoms with van der Waals surface area (Å²) in [6.07, 6.45) is 1.79. The van der Waals surface area contributed by atoms with Gasteiger partial charge in [0.15, 0.2) is 0 Å². The van der Waals surface area contributed by atoms with E-state index in [-0.39, 0.29) is 135 Å². The number of hydrogen-bond acceptors (Lipinski definition) is 17. The van der Waals surface area contributed by atoms with E-state index in [9.17, 15) is 57.1 Å². The number of carbonyl (C=O) groups is 4. The van der Waals surface area contributed by atoms with Crippen LogP contribution in [0.1, 0.15) is 25.3 Å². The van der Waals surface area contributed by atoms with Gasteiger partial charge in [0.1, 0.15) is 0 Å². The number of fused-ring (bicyclic) bond motifs is 1. The predicted molar refractivity (Wildman–Crippen MR) is 184 cm³/mol. The summed E-state index contributed by atoms with van der Waals surface area (Å²) in [6, 6.07) is 5.71. The standard InChI is InChI=1S/C30H28N4O13S4Se.4Li/c1-3-15(10-18-31(7-4-8-51(44,45)46)16-9-14(2)5-6-17(16)52-18)22-25(41)32(11-19(35)36)28(47-22)23-26(42)33(12-20(37)38)29(49-23)24-27(43)34(13-21(39)40)30(48)50-24;;;;/h5-6,9-10H,3-4,7-8,11-13H2,1-2H3,(H,35,36)(H,37,38)(H,39,40)(H,44,45,46);;;;/q;4*+1/p-4/b18-10-,22-15+,28-23+,29-24+;;;;. The van der Waals surface area contributed by atoms with Gasteiger partial charge in [-0.15, -0.1) is 0 Å². The van der Waals surface area contributed by atoms with Crippen molar-refractivity contribution in [2.75, 3.05) is 23.7 Å². The molecule has 0 spiro atoms. The average molecular weight is 884 g/mol. The molecule has 26 heteroatoms. The van der Waals surface area contributed by atoms with Crippen LogP contribution in [-0.2, 0) is 42.4 Å². The molecule has 56 heavy (non-hydrogen) atoms. The number of carboxylic acids is 3. The first kappa shape index (κ1) is 52.1. The van der Waals surface area contributed by atoms with Gasteiger partial charge in [0, 0.05) is 0 Å². The minimum atomic E-state index is -4.49. The quantitative estimate of drug-likeness (QED) is 0.0930. The number of aryl methyl sites for hydroxylation is 1. The van der Waals surface area contributed by atoms with E-state index in [0.29, 0.717) is 41.7 Å². The van der Waals surface area contributed by atoms with Crippen molar-refractivity contribution < 1.29 is 127 Å². The third-order valence-corrected chi connectivity index (χ3v) is 13.4. The first-order valence-corrected chi connectivity index (χ1v) is 20.3. The normalized spacial score (nSPS) is 16.4. The van der Waals surface area contributed by atoms with E-state index in [4.69, 9.17) is 16.6 Å². The second-order valence-corrected chi connectivity index (χ2v) is 17.6. The molecule has 2 aliphatic rings. The summed E-state index contributed by atoms with van der Waals surface area (Å²) in [6.45, 7) is 0.611. The monoisotopic (exact) mass is 884 g/mol. The van der Waals surface area contributed by atoms with Crippen LogP contribution in [0.25, 0.3) is 10.5 Å². The number of aliphatic carboxylic acids is 3. The zero-order chi connectivity index (χ0) is 38.2. The molecule has 17 nitrogen and oxygen atoms in total. The van der Waals surface area contributed by atoms with Gasteiger partial charge in [-0.3, -0.25) is 0 Å². The minimum absolute atomic E-state index is 0. The van der Waals surface area contributed by atoms with E-state index < -0.39 is 80.5 Å². The third-order valence-electron chi connectivity index (χ3n) is 7.50. The van der Waals surface area contributed by atoms with Crippen molar-refractivity contribution >= 4 is 109 Å². The SMILES string of the molecule is CCC(/C=C1\[Se]c2ccc(C)cc2N1CCCS(=O)(=O)[O-])=c1\o/c(=c2/s/c(=C3/SC(=S)N(CC(=O)[O-])C3=O)n(CC(=O)[O-])c2=O)n(CC(=O)[O-])c1=O.[Li+].[Li+].[Li+].[Li+]. The number of thiazole rings is 1. The number of thioether (sulfide) groups is 1. The molecule has 3 aromatic rings. The molecule has 4 heterocycles. The van der Waals surface area contributed by atoms with E-state index in [2.05, 4.69) is 0 Å². The second kappa shape index (κ2) is 21.4. The smallest absolute Gasteiger partial charge is 1.00 e. The summed E-state index contributed by atoms with van der Waals surface area (Å²) in [5.41, 5.74) is -1.05. The molecular weight excluding hydrogens is 859 g/mol. The topological polar surface area (TPSA) is 258 Å². The van der Waals surface area contributed by atoms with Crippen LogP contribution < -0.4 is 121 Å². The molecule has 0 bridgehead atoms. The fraction of sp³-hybridized carbons (Fsp3) is 0.300. The Hall–Kier alpha value is -1.92. The van der Waals surface area contributed by atoms with Gasteiger partial charge in [-0.05, 0) is 0 Å². The Labute approximate surface area is 385 Å².